The van der Waals surface area contributed by atoms with Crippen molar-refractivity contribution in [2.24, 2.45) is 0 Å². The SMILES string of the molecule is C[N+](C)(C)CCCl.[I-]. The Morgan fingerprint density at radius 3 is 1.62 bits per heavy atom. The molecule has 0 saturated carbocycles. The van der Waals surface area contributed by atoms with Crippen LogP contribution in [0.1, 0.15) is 0 Å². The zero-order valence-electron chi connectivity index (χ0n) is 5.62. The van der Waals surface area contributed by atoms with E-state index in [0.717, 1.165) is 16.9 Å². The van der Waals surface area contributed by atoms with Gasteiger partial charge in [-0.3, -0.25) is 0 Å². The van der Waals surface area contributed by atoms with Gasteiger partial charge in [0, 0.05) is 0 Å². The summed E-state index contributed by atoms with van der Waals surface area (Å²) in [5.41, 5.74) is 0. The summed E-state index contributed by atoms with van der Waals surface area (Å²) >= 11 is 5.47. The molecule has 0 fully saturated rings. The van der Waals surface area contributed by atoms with Crippen LogP contribution in [0, 0.1) is 0 Å². The standard InChI is InChI=1S/C5H13ClN.HI/c1-7(2,3)5-4-6;/h4-5H2,1-3H3;1H/q+1;/p-1. The first kappa shape index (κ1) is 11.7. The molecule has 0 rings (SSSR count). The van der Waals surface area contributed by atoms with Crippen LogP contribution < -0.4 is 24.0 Å². The van der Waals surface area contributed by atoms with Crippen LogP contribution in [-0.2, 0) is 0 Å². The van der Waals surface area contributed by atoms with Gasteiger partial charge in [0.25, 0.3) is 0 Å². The normalized spacial score (nSPS) is 10.5. The van der Waals surface area contributed by atoms with Gasteiger partial charge < -0.3 is 28.5 Å². The molecular weight excluding hydrogens is 236 g/mol. The van der Waals surface area contributed by atoms with Crippen molar-refractivity contribution >= 4 is 11.6 Å². The van der Waals surface area contributed by atoms with Crippen molar-refractivity contribution in [1.29, 1.82) is 0 Å². The number of alkyl halides is 1. The van der Waals surface area contributed by atoms with Gasteiger partial charge >= 0.3 is 0 Å². The van der Waals surface area contributed by atoms with E-state index in [1.165, 1.54) is 0 Å². The molecule has 0 unspecified atom stereocenters. The number of hydrogen-bond acceptors (Lipinski definition) is 0. The average Bonchev–Trinajstić information content (AvgIpc) is 1.30. The molecule has 0 saturated heterocycles. The van der Waals surface area contributed by atoms with Crippen molar-refractivity contribution in [3.05, 3.63) is 0 Å². The summed E-state index contributed by atoms with van der Waals surface area (Å²) in [5, 5.41) is 0. The van der Waals surface area contributed by atoms with Gasteiger partial charge in [-0.2, -0.15) is 0 Å². The van der Waals surface area contributed by atoms with Gasteiger partial charge in [-0.15, -0.1) is 11.6 Å². The molecule has 0 aliphatic heterocycles. The lowest BCUT2D eigenvalue weighted by Gasteiger charge is -2.21. The topological polar surface area (TPSA) is 0 Å². The molecule has 8 heavy (non-hydrogen) atoms. The van der Waals surface area contributed by atoms with Gasteiger partial charge in [0.1, 0.15) is 0 Å². The second kappa shape index (κ2) is 4.82. The summed E-state index contributed by atoms with van der Waals surface area (Å²) in [6, 6.07) is 0. The molecule has 0 heterocycles. The maximum atomic E-state index is 5.47. The minimum Gasteiger partial charge on any atom is -1.00 e. The summed E-state index contributed by atoms with van der Waals surface area (Å²) in [6.07, 6.45) is 0. The van der Waals surface area contributed by atoms with Crippen LogP contribution in [0.4, 0.5) is 0 Å². The van der Waals surface area contributed by atoms with Crippen molar-refractivity contribution in [3.8, 4) is 0 Å². The van der Waals surface area contributed by atoms with E-state index < -0.39 is 0 Å². The monoisotopic (exact) mass is 249 g/mol. The maximum Gasteiger partial charge on any atom is 0.0918 e. The lowest BCUT2D eigenvalue weighted by molar-refractivity contribution is -0.867. The van der Waals surface area contributed by atoms with Gasteiger partial charge in [-0.25, -0.2) is 0 Å². The maximum absolute atomic E-state index is 5.47. The molecule has 0 aromatic rings. The van der Waals surface area contributed by atoms with Gasteiger partial charge in [-0.05, 0) is 0 Å². The first-order valence-electron chi connectivity index (χ1n) is 2.43. The number of hydrogen-bond donors (Lipinski definition) is 0. The lowest BCUT2D eigenvalue weighted by atomic mass is 10.6. The third-order valence-corrected chi connectivity index (χ3v) is 0.924. The van der Waals surface area contributed by atoms with E-state index in [1.807, 2.05) is 0 Å². The zero-order chi connectivity index (χ0) is 5.91. The highest BCUT2D eigenvalue weighted by molar-refractivity contribution is 6.17. The fraction of sp³-hybridized carbons (Fsp3) is 1.00. The summed E-state index contributed by atoms with van der Waals surface area (Å²) in [4.78, 5) is 0. The number of quaternary nitrogens is 1. The third-order valence-electron chi connectivity index (χ3n) is 0.755. The number of rotatable bonds is 2. The van der Waals surface area contributed by atoms with Crippen molar-refractivity contribution in [2.45, 2.75) is 0 Å². The molecule has 52 valence electrons. The minimum atomic E-state index is 0. The van der Waals surface area contributed by atoms with E-state index in [4.69, 9.17) is 11.6 Å². The van der Waals surface area contributed by atoms with Crippen LogP contribution in [0.2, 0.25) is 0 Å². The molecule has 0 aliphatic rings. The highest BCUT2D eigenvalue weighted by atomic mass is 127. The lowest BCUT2D eigenvalue weighted by Crippen LogP contribution is -3.00. The predicted octanol–water partition coefficient (Wildman–Crippen LogP) is -2.06. The Labute approximate surface area is 73.6 Å². The summed E-state index contributed by atoms with van der Waals surface area (Å²) in [7, 11) is 6.38. The predicted molar refractivity (Wildman–Crippen MR) is 33.6 cm³/mol. The highest BCUT2D eigenvalue weighted by Gasteiger charge is 2.02. The molecular formula is C5H13ClIN. The Bertz CT molecular complexity index is 50.9. The fourth-order valence-electron chi connectivity index (χ4n) is 0.254. The molecule has 0 N–H and O–H groups in total. The quantitative estimate of drug-likeness (QED) is 0.300. The van der Waals surface area contributed by atoms with E-state index in [2.05, 4.69) is 21.1 Å². The van der Waals surface area contributed by atoms with Crippen molar-refractivity contribution in [2.75, 3.05) is 33.6 Å². The summed E-state index contributed by atoms with van der Waals surface area (Å²) in [5.74, 6) is 0.753. The third kappa shape index (κ3) is 10.1. The van der Waals surface area contributed by atoms with E-state index in [1.54, 1.807) is 0 Å². The van der Waals surface area contributed by atoms with Crippen molar-refractivity contribution < 1.29 is 28.5 Å². The molecule has 0 aromatic carbocycles. The zero-order valence-corrected chi connectivity index (χ0v) is 8.53. The summed E-state index contributed by atoms with van der Waals surface area (Å²) in [6.45, 7) is 1.04. The van der Waals surface area contributed by atoms with E-state index in [-0.39, 0.29) is 24.0 Å². The Kier molecular flexibility index (Phi) is 7.07. The first-order valence-corrected chi connectivity index (χ1v) is 2.96. The van der Waals surface area contributed by atoms with Crippen LogP contribution in [0.5, 0.6) is 0 Å². The van der Waals surface area contributed by atoms with Crippen LogP contribution in [0.25, 0.3) is 0 Å². The molecule has 0 aromatic heterocycles. The summed E-state index contributed by atoms with van der Waals surface area (Å²) < 4.78 is 0.962. The molecule has 0 spiro atoms. The second-order valence-electron chi connectivity index (χ2n) is 2.70. The Hall–Kier alpha value is 0.980. The van der Waals surface area contributed by atoms with E-state index in [0.29, 0.717) is 0 Å². The molecule has 0 bridgehead atoms. The van der Waals surface area contributed by atoms with Crippen LogP contribution in [0.3, 0.4) is 0 Å². The van der Waals surface area contributed by atoms with Crippen molar-refractivity contribution in [1.82, 2.24) is 0 Å². The Balaban J connectivity index is 0. The van der Waals surface area contributed by atoms with Gasteiger partial charge in [0.15, 0.2) is 0 Å². The molecule has 3 heteroatoms. The number of nitrogens with zero attached hydrogens (tertiary/aromatic N) is 1. The highest BCUT2D eigenvalue weighted by Crippen LogP contribution is 1.88. The van der Waals surface area contributed by atoms with Gasteiger partial charge in [0.05, 0.1) is 33.6 Å². The second-order valence-corrected chi connectivity index (χ2v) is 3.08. The van der Waals surface area contributed by atoms with Crippen LogP contribution in [0.15, 0.2) is 0 Å². The molecule has 0 radical (unpaired) electrons. The van der Waals surface area contributed by atoms with Crippen LogP contribution in [-0.4, -0.2) is 38.1 Å². The molecule has 0 amide bonds. The Morgan fingerprint density at radius 1 is 1.25 bits per heavy atom. The molecule has 0 aliphatic carbocycles. The van der Waals surface area contributed by atoms with Gasteiger partial charge in [-0.1, -0.05) is 0 Å². The van der Waals surface area contributed by atoms with E-state index >= 15 is 0 Å². The molecule has 1 nitrogen and oxygen atoms in total. The average molecular weight is 250 g/mol. The molecule has 0 atom stereocenters. The van der Waals surface area contributed by atoms with Crippen LogP contribution >= 0.6 is 11.6 Å². The largest absolute Gasteiger partial charge is 1.00 e. The smallest absolute Gasteiger partial charge is 0.0918 e. The van der Waals surface area contributed by atoms with E-state index in [9.17, 15) is 0 Å². The Morgan fingerprint density at radius 2 is 1.62 bits per heavy atom. The first-order chi connectivity index (χ1) is 3.06. The van der Waals surface area contributed by atoms with Crippen molar-refractivity contribution in [3.63, 3.8) is 0 Å². The minimum absolute atomic E-state index is 0. The van der Waals surface area contributed by atoms with Gasteiger partial charge in [0.2, 0.25) is 0 Å². The fourth-order valence-corrected chi connectivity index (χ4v) is 0.761. The number of halogens is 2.